The molecule has 1 aliphatic rings. The lowest BCUT2D eigenvalue weighted by molar-refractivity contribution is -0.160. The van der Waals surface area contributed by atoms with Gasteiger partial charge in [-0.2, -0.15) is 0 Å². The molecule has 0 aliphatic carbocycles. The van der Waals surface area contributed by atoms with Crippen LogP contribution in [0.15, 0.2) is 11.6 Å². The van der Waals surface area contributed by atoms with Crippen molar-refractivity contribution in [2.45, 2.75) is 46.0 Å². The summed E-state index contributed by atoms with van der Waals surface area (Å²) in [5, 5.41) is 8.75. The van der Waals surface area contributed by atoms with E-state index in [9.17, 15) is 4.79 Å². The largest absolute Gasteiger partial charge is 0.478 e. The van der Waals surface area contributed by atoms with E-state index in [2.05, 4.69) is 13.8 Å². The number of ether oxygens (including phenoxy) is 2. The van der Waals surface area contributed by atoms with Crippen LogP contribution in [-0.4, -0.2) is 29.6 Å². The molecule has 0 aromatic heterocycles. The molecule has 4 heteroatoms. The SMILES string of the molecule is CC(=CC1COC(C)(CC(C)C)O1)C(=O)O. The van der Waals surface area contributed by atoms with Gasteiger partial charge in [0.15, 0.2) is 5.79 Å². The first kappa shape index (κ1) is 13.2. The summed E-state index contributed by atoms with van der Waals surface area (Å²) < 4.78 is 11.3. The molecule has 1 rings (SSSR count). The first-order valence-electron chi connectivity index (χ1n) is 5.56. The maximum absolute atomic E-state index is 10.7. The zero-order chi connectivity index (χ0) is 12.3. The van der Waals surface area contributed by atoms with Crippen molar-refractivity contribution in [3.63, 3.8) is 0 Å². The second-order valence-corrected chi connectivity index (χ2v) is 4.85. The van der Waals surface area contributed by atoms with E-state index in [-0.39, 0.29) is 6.10 Å². The van der Waals surface area contributed by atoms with Gasteiger partial charge >= 0.3 is 5.97 Å². The highest BCUT2D eigenvalue weighted by molar-refractivity contribution is 5.85. The zero-order valence-corrected chi connectivity index (χ0v) is 10.3. The van der Waals surface area contributed by atoms with Gasteiger partial charge in [-0.15, -0.1) is 0 Å². The van der Waals surface area contributed by atoms with Crippen LogP contribution in [0, 0.1) is 5.92 Å². The molecule has 1 aliphatic heterocycles. The second-order valence-electron chi connectivity index (χ2n) is 4.85. The van der Waals surface area contributed by atoms with Gasteiger partial charge in [0.1, 0.15) is 6.10 Å². The summed E-state index contributed by atoms with van der Waals surface area (Å²) in [6, 6.07) is 0. The van der Waals surface area contributed by atoms with Crippen molar-refractivity contribution in [2.75, 3.05) is 6.61 Å². The minimum Gasteiger partial charge on any atom is -0.478 e. The molecule has 0 amide bonds. The maximum atomic E-state index is 10.7. The molecular formula is C12H20O4. The third-order valence-corrected chi connectivity index (χ3v) is 2.51. The average Bonchev–Trinajstić information content (AvgIpc) is 2.45. The zero-order valence-electron chi connectivity index (χ0n) is 10.3. The van der Waals surface area contributed by atoms with Gasteiger partial charge < -0.3 is 14.6 Å². The Labute approximate surface area is 96.2 Å². The minimum atomic E-state index is -0.916. The molecule has 1 N–H and O–H groups in total. The monoisotopic (exact) mass is 228 g/mol. The summed E-state index contributed by atoms with van der Waals surface area (Å²) in [5.41, 5.74) is 0.294. The fraction of sp³-hybridized carbons (Fsp3) is 0.750. The van der Waals surface area contributed by atoms with Crippen molar-refractivity contribution < 1.29 is 19.4 Å². The number of hydrogen-bond acceptors (Lipinski definition) is 3. The molecule has 0 aromatic carbocycles. The van der Waals surface area contributed by atoms with Gasteiger partial charge in [-0.25, -0.2) is 4.79 Å². The van der Waals surface area contributed by atoms with E-state index in [0.717, 1.165) is 6.42 Å². The highest BCUT2D eigenvalue weighted by Gasteiger charge is 2.36. The van der Waals surface area contributed by atoms with Gasteiger partial charge in [-0.05, 0) is 25.8 Å². The normalized spacial score (nSPS) is 31.1. The molecule has 0 bridgehead atoms. The Morgan fingerprint density at radius 2 is 2.25 bits per heavy atom. The van der Waals surface area contributed by atoms with Crippen LogP contribution in [0.5, 0.6) is 0 Å². The summed E-state index contributed by atoms with van der Waals surface area (Å²) >= 11 is 0. The smallest absolute Gasteiger partial charge is 0.331 e. The predicted octanol–water partition coefficient (Wildman–Crippen LogP) is 2.19. The van der Waals surface area contributed by atoms with Gasteiger partial charge in [0.2, 0.25) is 0 Å². The highest BCUT2D eigenvalue weighted by atomic mass is 16.7. The van der Waals surface area contributed by atoms with E-state index in [1.54, 1.807) is 13.0 Å². The van der Waals surface area contributed by atoms with Crippen LogP contribution in [0.2, 0.25) is 0 Å². The molecule has 0 spiro atoms. The van der Waals surface area contributed by atoms with E-state index in [1.165, 1.54) is 0 Å². The summed E-state index contributed by atoms with van der Waals surface area (Å²) in [6.45, 7) is 8.09. The second kappa shape index (κ2) is 4.97. The minimum absolute atomic E-state index is 0.250. The van der Waals surface area contributed by atoms with E-state index < -0.39 is 11.8 Å². The summed E-state index contributed by atoms with van der Waals surface area (Å²) in [7, 11) is 0. The molecule has 2 atom stereocenters. The Kier molecular flexibility index (Phi) is 4.10. The molecule has 0 saturated carbocycles. The number of hydrogen-bond donors (Lipinski definition) is 1. The summed E-state index contributed by atoms with van der Waals surface area (Å²) in [4.78, 5) is 10.7. The van der Waals surface area contributed by atoms with Gasteiger partial charge in [0, 0.05) is 12.0 Å². The first-order valence-corrected chi connectivity index (χ1v) is 5.56. The molecule has 92 valence electrons. The fourth-order valence-corrected chi connectivity index (χ4v) is 1.93. The first-order chi connectivity index (χ1) is 7.32. The Morgan fingerprint density at radius 3 is 2.75 bits per heavy atom. The lowest BCUT2D eigenvalue weighted by Gasteiger charge is -2.24. The summed E-state index contributed by atoms with van der Waals surface area (Å²) in [5.74, 6) is -1.01. The van der Waals surface area contributed by atoms with Crippen LogP contribution in [0.3, 0.4) is 0 Å². The van der Waals surface area contributed by atoms with E-state index in [4.69, 9.17) is 14.6 Å². The quantitative estimate of drug-likeness (QED) is 0.749. The van der Waals surface area contributed by atoms with Crippen molar-refractivity contribution in [1.82, 2.24) is 0 Å². The van der Waals surface area contributed by atoms with Crippen molar-refractivity contribution in [2.24, 2.45) is 5.92 Å². The Hall–Kier alpha value is -0.870. The molecule has 1 heterocycles. The van der Waals surface area contributed by atoms with Crippen molar-refractivity contribution >= 4 is 5.97 Å². The molecule has 4 nitrogen and oxygen atoms in total. The predicted molar refractivity (Wildman–Crippen MR) is 60.1 cm³/mol. The number of rotatable bonds is 4. The molecule has 16 heavy (non-hydrogen) atoms. The Morgan fingerprint density at radius 1 is 1.62 bits per heavy atom. The van der Waals surface area contributed by atoms with Crippen LogP contribution in [0.4, 0.5) is 0 Å². The third-order valence-electron chi connectivity index (χ3n) is 2.51. The Balaban J connectivity index is 2.58. The lowest BCUT2D eigenvalue weighted by atomic mass is 10.0. The standard InChI is InChI=1S/C12H20O4/c1-8(2)6-12(4)15-7-10(16-12)5-9(3)11(13)14/h5,8,10H,6-7H2,1-4H3,(H,13,14). The third kappa shape index (κ3) is 3.61. The molecule has 1 saturated heterocycles. The lowest BCUT2D eigenvalue weighted by Crippen LogP contribution is -2.28. The molecule has 0 aromatic rings. The van der Waals surface area contributed by atoms with E-state index in [1.807, 2.05) is 6.92 Å². The maximum Gasteiger partial charge on any atom is 0.331 e. The van der Waals surface area contributed by atoms with Crippen LogP contribution in [0.25, 0.3) is 0 Å². The number of carboxylic acids is 1. The van der Waals surface area contributed by atoms with Crippen LogP contribution < -0.4 is 0 Å². The van der Waals surface area contributed by atoms with Crippen molar-refractivity contribution in [3.8, 4) is 0 Å². The van der Waals surface area contributed by atoms with Crippen LogP contribution >= 0.6 is 0 Å². The van der Waals surface area contributed by atoms with Crippen molar-refractivity contribution in [1.29, 1.82) is 0 Å². The molecular weight excluding hydrogens is 208 g/mol. The number of carbonyl (C=O) groups is 1. The molecule has 2 unspecified atom stereocenters. The fourth-order valence-electron chi connectivity index (χ4n) is 1.93. The topological polar surface area (TPSA) is 55.8 Å². The van der Waals surface area contributed by atoms with Crippen molar-refractivity contribution in [3.05, 3.63) is 11.6 Å². The average molecular weight is 228 g/mol. The van der Waals surface area contributed by atoms with Crippen LogP contribution in [-0.2, 0) is 14.3 Å². The number of aliphatic carboxylic acids is 1. The Bertz CT molecular complexity index is 295. The number of carboxylic acid groups (broad SMARTS) is 1. The van der Waals surface area contributed by atoms with Gasteiger partial charge in [-0.1, -0.05) is 13.8 Å². The van der Waals surface area contributed by atoms with E-state index in [0.29, 0.717) is 18.1 Å². The van der Waals surface area contributed by atoms with E-state index >= 15 is 0 Å². The van der Waals surface area contributed by atoms with Gasteiger partial charge in [0.05, 0.1) is 6.61 Å². The molecule has 1 fully saturated rings. The summed E-state index contributed by atoms with van der Waals surface area (Å²) in [6.07, 6.45) is 2.16. The van der Waals surface area contributed by atoms with Gasteiger partial charge in [-0.3, -0.25) is 0 Å². The van der Waals surface area contributed by atoms with Gasteiger partial charge in [0.25, 0.3) is 0 Å². The highest BCUT2D eigenvalue weighted by Crippen LogP contribution is 2.30. The van der Waals surface area contributed by atoms with Crippen LogP contribution in [0.1, 0.15) is 34.1 Å². The molecule has 0 radical (unpaired) electrons.